The number of methoxy groups -OCH3 is 1. The molecule has 0 saturated carbocycles. The standard InChI is InChI=1S/C15H15F3N2O3/c1-23-13-5-4-10(7-12(13)19-9-21)11-3-2-6-20(8-11)14(22)15(16,17)18/h4-5,7,11H,2-3,6,8H2,1H3. The van der Waals surface area contributed by atoms with Crippen molar-refractivity contribution in [3.63, 3.8) is 0 Å². The highest BCUT2D eigenvalue weighted by Crippen LogP contribution is 2.35. The SMILES string of the molecule is COc1ccc(C2CCCN(C(=O)C(F)(F)F)C2)cc1N=C=O. The van der Waals surface area contributed by atoms with Gasteiger partial charge in [-0.05, 0) is 30.5 Å². The smallest absolute Gasteiger partial charge is 0.471 e. The lowest BCUT2D eigenvalue weighted by molar-refractivity contribution is -0.186. The maximum Gasteiger partial charge on any atom is 0.471 e. The van der Waals surface area contributed by atoms with Crippen LogP contribution in [0.4, 0.5) is 18.9 Å². The van der Waals surface area contributed by atoms with Gasteiger partial charge in [0, 0.05) is 19.0 Å². The fraction of sp³-hybridized carbons (Fsp3) is 0.467. The van der Waals surface area contributed by atoms with Gasteiger partial charge in [-0.2, -0.15) is 18.2 Å². The quantitative estimate of drug-likeness (QED) is 0.633. The van der Waals surface area contributed by atoms with Gasteiger partial charge in [0.2, 0.25) is 6.08 Å². The average Bonchev–Trinajstić information content (AvgIpc) is 2.53. The number of likely N-dealkylation sites (tertiary alicyclic amines) is 1. The molecule has 0 spiro atoms. The van der Waals surface area contributed by atoms with Crippen LogP contribution in [0.5, 0.6) is 5.75 Å². The second-order valence-corrected chi connectivity index (χ2v) is 5.22. The lowest BCUT2D eigenvalue weighted by Crippen LogP contribution is -2.45. The number of halogens is 3. The van der Waals surface area contributed by atoms with Gasteiger partial charge < -0.3 is 9.64 Å². The summed E-state index contributed by atoms with van der Waals surface area (Å²) < 4.78 is 42.7. The summed E-state index contributed by atoms with van der Waals surface area (Å²) in [6.45, 7) is 0.0687. The van der Waals surface area contributed by atoms with E-state index in [9.17, 15) is 22.8 Å². The van der Waals surface area contributed by atoms with E-state index >= 15 is 0 Å². The zero-order valence-electron chi connectivity index (χ0n) is 12.4. The molecular formula is C15H15F3N2O3. The molecule has 1 fully saturated rings. The predicted octanol–water partition coefficient (Wildman–Crippen LogP) is 2.93. The van der Waals surface area contributed by atoms with Crippen molar-refractivity contribution < 1.29 is 27.5 Å². The van der Waals surface area contributed by atoms with Gasteiger partial charge in [0.15, 0.2) is 0 Å². The molecule has 1 unspecified atom stereocenters. The summed E-state index contributed by atoms with van der Waals surface area (Å²) in [4.78, 5) is 26.2. The molecule has 124 valence electrons. The number of carbonyl (C=O) groups excluding carboxylic acids is 2. The second-order valence-electron chi connectivity index (χ2n) is 5.22. The number of isocyanates is 1. The highest BCUT2D eigenvalue weighted by Gasteiger charge is 2.43. The summed E-state index contributed by atoms with van der Waals surface area (Å²) in [5.41, 5.74) is 0.971. The molecule has 1 heterocycles. The van der Waals surface area contributed by atoms with Crippen LogP contribution in [0.3, 0.4) is 0 Å². The molecule has 0 N–H and O–H groups in total. The summed E-state index contributed by atoms with van der Waals surface area (Å²) in [6.07, 6.45) is -2.32. The van der Waals surface area contributed by atoms with Gasteiger partial charge in [0.25, 0.3) is 0 Å². The molecule has 1 aliphatic heterocycles. The minimum absolute atomic E-state index is 0.0189. The van der Waals surface area contributed by atoms with Crippen molar-refractivity contribution in [1.82, 2.24) is 4.90 Å². The van der Waals surface area contributed by atoms with Crippen LogP contribution >= 0.6 is 0 Å². The van der Waals surface area contributed by atoms with Gasteiger partial charge in [0.05, 0.1) is 7.11 Å². The molecule has 2 rings (SSSR count). The monoisotopic (exact) mass is 328 g/mol. The molecule has 1 aromatic rings. The van der Waals surface area contributed by atoms with E-state index in [2.05, 4.69) is 4.99 Å². The summed E-state index contributed by atoms with van der Waals surface area (Å²) in [5.74, 6) is -1.69. The maximum atomic E-state index is 12.6. The first-order valence-corrected chi connectivity index (χ1v) is 6.98. The van der Waals surface area contributed by atoms with Gasteiger partial charge in [-0.1, -0.05) is 6.07 Å². The fourth-order valence-corrected chi connectivity index (χ4v) is 2.71. The number of hydrogen-bond donors (Lipinski definition) is 0. The lowest BCUT2D eigenvalue weighted by atomic mass is 9.90. The lowest BCUT2D eigenvalue weighted by Gasteiger charge is -2.33. The Balaban J connectivity index is 2.23. The Kier molecular flexibility index (Phi) is 5.05. The Labute approximate surface area is 130 Å². The minimum atomic E-state index is -4.87. The van der Waals surface area contributed by atoms with E-state index in [-0.39, 0.29) is 24.7 Å². The molecular weight excluding hydrogens is 313 g/mol. The van der Waals surface area contributed by atoms with Crippen LogP contribution in [-0.4, -0.2) is 43.3 Å². The molecule has 5 nitrogen and oxygen atoms in total. The van der Waals surface area contributed by atoms with E-state index in [1.807, 2.05) is 0 Å². The van der Waals surface area contributed by atoms with Crippen molar-refractivity contribution in [2.24, 2.45) is 4.99 Å². The predicted molar refractivity (Wildman–Crippen MR) is 75.4 cm³/mol. The fourth-order valence-electron chi connectivity index (χ4n) is 2.71. The zero-order valence-corrected chi connectivity index (χ0v) is 12.4. The number of amides is 1. The number of aliphatic imine (C=N–C) groups is 1. The van der Waals surface area contributed by atoms with Gasteiger partial charge in [-0.15, -0.1) is 0 Å². The van der Waals surface area contributed by atoms with Crippen LogP contribution in [-0.2, 0) is 9.59 Å². The van der Waals surface area contributed by atoms with Gasteiger partial charge in [-0.3, -0.25) is 4.79 Å². The third kappa shape index (κ3) is 3.90. The van der Waals surface area contributed by atoms with Crippen molar-refractivity contribution in [2.75, 3.05) is 20.2 Å². The van der Waals surface area contributed by atoms with Gasteiger partial charge >= 0.3 is 12.1 Å². The average molecular weight is 328 g/mol. The van der Waals surface area contributed by atoms with Crippen LogP contribution < -0.4 is 4.74 Å². The van der Waals surface area contributed by atoms with Crippen LogP contribution in [0.1, 0.15) is 24.3 Å². The largest absolute Gasteiger partial charge is 0.494 e. The molecule has 0 bridgehead atoms. The minimum Gasteiger partial charge on any atom is -0.494 e. The van der Waals surface area contributed by atoms with Crippen LogP contribution in [0, 0.1) is 0 Å². The topological polar surface area (TPSA) is 59.0 Å². The molecule has 0 aliphatic carbocycles. The van der Waals surface area contributed by atoms with Gasteiger partial charge in [-0.25, -0.2) is 4.79 Å². The molecule has 1 atom stereocenters. The molecule has 23 heavy (non-hydrogen) atoms. The van der Waals surface area contributed by atoms with Crippen molar-refractivity contribution in [3.8, 4) is 5.75 Å². The number of benzene rings is 1. The first-order valence-electron chi connectivity index (χ1n) is 6.98. The molecule has 0 radical (unpaired) electrons. The van der Waals surface area contributed by atoms with E-state index in [1.54, 1.807) is 18.2 Å². The number of ether oxygens (including phenoxy) is 1. The Hall–Kier alpha value is -2.34. The normalized spacial score (nSPS) is 18.3. The Bertz CT molecular complexity index is 639. The zero-order chi connectivity index (χ0) is 17.0. The molecule has 1 aromatic carbocycles. The van der Waals surface area contributed by atoms with E-state index in [0.29, 0.717) is 24.2 Å². The maximum absolute atomic E-state index is 12.6. The molecule has 8 heteroatoms. The number of piperidine rings is 1. The van der Waals surface area contributed by atoms with Crippen LogP contribution in [0.25, 0.3) is 0 Å². The second kappa shape index (κ2) is 6.83. The number of rotatable bonds is 3. The summed E-state index contributed by atoms with van der Waals surface area (Å²) in [6, 6.07) is 4.88. The summed E-state index contributed by atoms with van der Waals surface area (Å²) in [7, 11) is 1.42. The van der Waals surface area contributed by atoms with Gasteiger partial charge in [0.1, 0.15) is 11.4 Å². The van der Waals surface area contributed by atoms with E-state index < -0.39 is 12.1 Å². The summed E-state index contributed by atoms with van der Waals surface area (Å²) in [5, 5.41) is 0. The van der Waals surface area contributed by atoms with E-state index in [4.69, 9.17) is 4.74 Å². The molecule has 1 amide bonds. The molecule has 1 saturated heterocycles. The van der Waals surface area contributed by atoms with Crippen molar-refractivity contribution in [2.45, 2.75) is 24.9 Å². The third-order valence-corrected chi connectivity index (χ3v) is 3.79. The van der Waals surface area contributed by atoms with Crippen molar-refractivity contribution in [1.29, 1.82) is 0 Å². The Morgan fingerprint density at radius 1 is 1.43 bits per heavy atom. The summed E-state index contributed by atoms with van der Waals surface area (Å²) >= 11 is 0. The van der Waals surface area contributed by atoms with Crippen LogP contribution in [0.15, 0.2) is 23.2 Å². The molecule has 1 aliphatic rings. The number of nitrogens with zero attached hydrogens (tertiary/aromatic N) is 2. The number of alkyl halides is 3. The Morgan fingerprint density at radius 2 is 2.17 bits per heavy atom. The number of carbonyl (C=O) groups is 1. The highest BCUT2D eigenvalue weighted by molar-refractivity contribution is 5.82. The van der Waals surface area contributed by atoms with Crippen molar-refractivity contribution >= 4 is 17.7 Å². The highest BCUT2D eigenvalue weighted by atomic mass is 19.4. The van der Waals surface area contributed by atoms with E-state index in [0.717, 1.165) is 4.90 Å². The number of hydrogen-bond acceptors (Lipinski definition) is 4. The van der Waals surface area contributed by atoms with Crippen LogP contribution in [0.2, 0.25) is 0 Å². The van der Waals surface area contributed by atoms with E-state index in [1.165, 1.54) is 13.2 Å². The molecule has 0 aromatic heterocycles. The first-order chi connectivity index (χ1) is 10.9. The van der Waals surface area contributed by atoms with Crippen molar-refractivity contribution in [3.05, 3.63) is 23.8 Å². The Morgan fingerprint density at radius 3 is 2.78 bits per heavy atom. The third-order valence-electron chi connectivity index (χ3n) is 3.79. The first kappa shape index (κ1) is 17.0.